The lowest BCUT2D eigenvalue weighted by molar-refractivity contribution is -0.123. The molecule has 2 saturated carbocycles. The molecular formula is C34H29N3O5S2. The molecule has 7 atom stereocenters. The number of ether oxygens (including phenoxy) is 1. The van der Waals surface area contributed by atoms with E-state index in [9.17, 15) is 19.2 Å². The zero-order valence-corrected chi connectivity index (χ0v) is 25.4. The predicted octanol–water partition coefficient (Wildman–Crippen LogP) is 5.44. The molecule has 1 saturated heterocycles. The van der Waals surface area contributed by atoms with Gasteiger partial charge in [0.1, 0.15) is 5.75 Å². The van der Waals surface area contributed by atoms with Crippen molar-refractivity contribution in [1.29, 1.82) is 0 Å². The number of para-hydroxylation sites is 2. The molecule has 222 valence electrons. The number of rotatable bonds is 6. The minimum Gasteiger partial charge on any atom is -0.484 e. The maximum absolute atomic E-state index is 13.9. The molecule has 4 aromatic rings. The van der Waals surface area contributed by atoms with Crippen LogP contribution in [0.25, 0.3) is 0 Å². The van der Waals surface area contributed by atoms with Crippen molar-refractivity contribution in [3.05, 3.63) is 105 Å². The number of amides is 3. The van der Waals surface area contributed by atoms with Crippen molar-refractivity contribution in [2.24, 2.45) is 29.6 Å². The number of thioether (sulfide) groups is 1. The average molecular weight is 624 g/mol. The summed E-state index contributed by atoms with van der Waals surface area (Å²) >= 11 is 2.91. The number of aromatic nitrogens is 1. The molecule has 0 radical (unpaired) electrons. The molecular weight excluding hydrogens is 595 g/mol. The van der Waals surface area contributed by atoms with E-state index in [4.69, 9.17) is 4.74 Å². The average Bonchev–Trinajstić information content (AvgIpc) is 3.77. The van der Waals surface area contributed by atoms with Gasteiger partial charge in [0.15, 0.2) is 6.61 Å². The fourth-order valence-electron chi connectivity index (χ4n) is 8.04. The summed E-state index contributed by atoms with van der Waals surface area (Å²) in [6, 6.07) is 24.5. The van der Waals surface area contributed by atoms with Crippen molar-refractivity contribution in [2.75, 3.05) is 16.8 Å². The quantitative estimate of drug-likeness (QED) is 0.277. The Labute approximate surface area is 261 Å². The lowest BCUT2D eigenvalue weighted by Gasteiger charge is -2.43. The highest BCUT2D eigenvalue weighted by molar-refractivity contribution is 8.00. The van der Waals surface area contributed by atoms with Crippen LogP contribution in [-0.2, 0) is 14.4 Å². The number of hydrogen-bond acceptors (Lipinski definition) is 7. The number of carbonyl (C=O) groups excluding carboxylic acids is 3. The zero-order valence-electron chi connectivity index (χ0n) is 23.8. The van der Waals surface area contributed by atoms with Gasteiger partial charge in [0.2, 0.25) is 11.8 Å². The van der Waals surface area contributed by atoms with Crippen molar-refractivity contribution in [3.63, 3.8) is 0 Å². The number of fused-ring (bicyclic) bond motifs is 9. The molecule has 1 aromatic heterocycles. The Morgan fingerprint density at radius 3 is 2.39 bits per heavy atom. The first kappa shape index (κ1) is 27.4. The van der Waals surface area contributed by atoms with E-state index in [0.29, 0.717) is 11.4 Å². The lowest BCUT2D eigenvalue weighted by atomic mass is 9.68. The number of hydrogen-bond donors (Lipinski definition) is 2. The molecule has 3 heterocycles. The summed E-state index contributed by atoms with van der Waals surface area (Å²) in [7, 11) is 0. The number of anilines is 2. The number of carbonyl (C=O) groups is 3. The van der Waals surface area contributed by atoms with Gasteiger partial charge >= 0.3 is 4.87 Å². The SMILES string of the molecule is Cc1ccccc1NC(=O)COc1ccc([C@H]2c3sc(=O)[nH]c3SC3C2[C@H]2C[C@@H]3C3C(=O)N(c4ccccc4)C(=O)C32)cc1. The van der Waals surface area contributed by atoms with Gasteiger partial charge in [0, 0.05) is 21.7 Å². The first-order valence-corrected chi connectivity index (χ1v) is 16.5. The number of H-pyrrole nitrogens is 1. The van der Waals surface area contributed by atoms with Crippen molar-refractivity contribution < 1.29 is 19.1 Å². The van der Waals surface area contributed by atoms with Crippen LogP contribution in [0.1, 0.15) is 28.3 Å². The predicted molar refractivity (Wildman–Crippen MR) is 169 cm³/mol. The molecule has 10 heteroatoms. The second kappa shape index (κ2) is 10.5. The molecule has 4 aliphatic rings. The summed E-state index contributed by atoms with van der Waals surface area (Å²) in [5.74, 6) is -0.377. The van der Waals surface area contributed by atoms with Crippen LogP contribution in [0.5, 0.6) is 5.75 Å². The van der Waals surface area contributed by atoms with Gasteiger partial charge in [-0.2, -0.15) is 0 Å². The Morgan fingerprint density at radius 2 is 1.64 bits per heavy atom. The van der Waals surface area contributed by atoms with E-state index in [-0.39, 0.29) is 70.0 Å². The molecule has 2 aliphatic carbocycles. The second-order valence-corrected chi connectivity index (χ2v) is 14.2. The largest absolute Gasteiger partial charge is 0.484 e. The third kappa shape index (κ3) is 4.26. The molecule has 4 unspecified atom stereocenters. The number of benzene rings is 3. The normalized spacial score (nSPS) is 28.0. The number of nitrogens with zero attached hydrogens (tertiary/aromatic N) is 1. The van der Waals surface area contributed by atoms with Crippen molar-refractivity contribution in [3.8, 4) is 5.75 Å². The summed E-state index contributed by atoms with van der Waals surface area (Å²) in [6.07, 6.45) is 0.838. The topological polar surface area (TPSA) is 109 Å². The van der Waals surface area contributed by atoms with E-state index in [1.807, 2.05) is 85.8 Å². The van der Waals surface area contributed by atoms with E-state index in [1.54, 1.807) is 11.8 Å². The molecule has 44 heavy (non-hydrogen) atoms. The monoisotopic (exact) mass is 623 g/mol. The minimum absolute atomic E-state index is 0.0454. The van der Waals surface area contributed by atoms with Crippen LogP contribution in [0.2, 0.25) is 0 Å². The Balaban J connectivity index is 1.06. The molecule has 8 rings (SSSR count). The highest BCUT2D eigenvalue weighted by atomic mass is 32.2. The van der Waals surface area contributed by atoms with E-state index in [2.05, 4.69) is 10.3 Å². The highest BCUT2D eigenvalue weighted by Gasteiger charge is 2.69. The molecule has 2 aliphatic heterocycles. The molecule has 2 N–H and O–H groups in total. The van der Waals surface area contributed by atoms with Crippen LogP contribution in [0.3, 0.4) is 0 Å². The van der Waals surface area contributed by atoms with Gasteiger partial charge in [-0.05, 0) is 72.6 Å². The van der Waals surface area contributed by atoms with Gasteiger partial charge in [0.05, 0.1) is 22.5 Å². The number of aryl methyl sites for hydroxylation is 1. The molecule has 0 spiro atoms. The number of aromatic amines is 1. The third-order valence-electron chi connectivity index (χ3n) is 9.77. The van der Waals surface area contributed by atoms with Gasteiger partial charge in [0.25, 0.3) is 5.91 Å². The van der Waals surface area contributed by atoms with Crippen molar-refractivity contribution in [2.45, 2.75) is 29.5 Å². The fraction of sp³-hybridized carbons (Fsp3) is 0.294. The van der Waals surface area contributed by atoms with Crippen LogP contribution in [0.15, 0.2) is 88.7 Å². The van der Waals surface area contributed by atoms with Gasteiger partial charge in [-0.1, -0.05) is 59.9 Å². The van der Waals surface area contributed by atoms with Crippen molar-refractivity contribution in [1.82, 2.24) is 4.98 Å². The maximum Gasteiger partial charge on any atom is 0.305 e. The smallest absolute Gasteiger partial charge is 0.305 e. The first-order valence-electron chi connectivity index (χ1n) is 14.8. The molecule has 3 fully saturated rings. The maximum atomic E-state index is 13.9. The summed E-state index contributed by atoms with van der Waals surface area (Å²) in [6.45, 7) is 1.81. The van der Waals surface area contributed by atoms with Crippen LogP contribution in [-0.4, -0.2) is 34.6 Å². The highest BCUT2D eigenvalue weighted by Crippen LogP contribution is 2.68. The first-order chi connectivity index (χ1) is 21.4. The van der Waals surface area contributed by atoms with Crippen LogP contribution in [0, 0.1) is 36.5 Å². The van der Waals surface area contributed by atoms with Crippen LogP contribution >= 0.6 is 23.1 Å². The Bertz CT molecular complexity index is 1850. The molecule has 2 bridgehead atoms. The van der Waals surface area contributed by atoms with Gasteiger partial charge < -0.3 is 15.0 Å². The molecule has 3 amide bonds. The van der Waals surface area contributed by atoms with E-state index >= 15 is 0 Å². The lowest BCUT2D eigenvalue weighted by Crippen LogP contribution is -2.42. The summed E-state index contributed by atoms with van der Waals surface area (Å²) in [5.41, 5.74) is 3.40. The summed E-state index contributed by atoms with van der Waals surface area (Å²) in [4.78, 5) is 58.0. The van der Waals surface area contributed by atoms with E-state index in [0.717, 1.165) is 33.1 Å². The van der Waals surface area contributed by atoms with Gasteiger partial charge in [-0.3, -0.25) is 24.1 Å². The standard InChI is InChI=1S/C34H29N3O5S2/c1-17-7-5-6-10-23(17)35-24(38)16-42-20-13-11-18(12-14-20)25-26-21-15-22(29(26)43-31-30(25)44-34(41)36-31)28-27(21)32(39)37(33(28)40)19-8-3-2-4-9-19/h2-14,21-22,25-29H,15-16H2,1H3,(H,35,38)(H,36,41)/t21-,22-,25-,26?,27?,28?,29?/m1/s1. The van der Waals surface area contributed by atoms with E-state index < -0.39 is 0 Å². The summed E-state index contributed by atoms with van der Waals surface area (Å²) in [5, 5.41) is 3.88. The second-order valence-electron chi connectivity index (χ2n) is 12.0. The third-order valence-corrected chi connectivity index (χ3v) is 12.4. The number of nitrogens with one attached hydrogen (secondary N) is 2. The fourth-order valence-corrected chi connectivity index (χ4v) is 10.9. The van der Waals surface area contributed by atoms with Gasteiger partial charge in [-0.25, -0.2) is 0 Å². The zero-order chi connectivity index (χ0) is 30.1. The van der Waals surface area contributed by atoms with Crippen molar-refractivity contribution >= 4 is 52.2 Å². The molecule has 3 aromatic carbocycles. The molecule has 8 nitrogen and oxygen atoms in total. The van der Waals surface area contributed by atoms with Crippen LogP contribution in [0.4, 0.5) is 11.4 Å². The minimum atomic E-state index is -0.344. The Kier molecular flexibility index (Phi) is 6.53. The Hall–Kier alpha value is -4.15. The van der Waals surface area contributed by atoms with Crippen LogP contribution < -0.4 is 19.8 Å². The Morgan fingerprint density at radius 1 is 0.932 bits per heavy atom. The van der Waals surface area contributed by atoms with Gasteiger partial charge in [-0.15, -0.1) is 11.8 Å². The number of imide groups is 1. The van der Waals surface area contributed by atoms with E-state index in [1.165, 1.54) is 16.2 Å². The number of thiazole rings is 1. The summed E-state index contributed by atoms with van der Waals surface area (Å²) < 4.78 is 5.81.